The minimum absolute atomic E-state index is 0.136. The molecule has 148 valence electrons. The highest BCUT2D eigenvalue weighted by atomic mass is 16.5. The van der Waals surface area contributed by atoms with E-state index in [1.807, 2.05) is 48.5 Å². The molecule has 1 saturated heterocycles. The van der Waals surface area contributed by atoms with Crippen molar-refractivity contribution in [3.8, 4) is 5.75 Å². The van der Waals surface area contributed by atoms with Crippen molar-refractivity contribution >= 4 is 28.7 Å². The van der Waals surface area contributed by atoms with Gasteiger partial charge in [0.2, 0.25) is 0 Å². The molecule has 3 aromatic rings. The van der Waals surface area contributed by atoms with Gasteiger partial charge in [0.05, 0.1) is 19.4 Å². The number of nitrogens with zero attached hydrogens (tertiary/aromatic N) is 3. The van der Waals surface area contributed by atoms with Crippen LogP contribution in [0.25, 0.3) is 10.9 Å². The fourth-order valence-corrected chi connectivity index (χ4v) is 3.14. The van der Waals surface area contributed by atoms with Gasteiger partial charge in [-0.3, -0.25) is 9.78 Å². The molecule has 0 aliphatic carbocycles. The Morgan fingerprint density at radius 1 is 1.14 bits per heavy atom. The SMILES string of the molecule is O=C(COc1cccc2cccnc12)N/N=C/c1ccc(N2CCOCC2)cc1. The molecule has 4 rings (SSSR count). The van der Waals surface area contributed by atoms with Crippen molar-refractivity contribution < 1.29 is 14.3 Å². The van der Waals surface area contributed by atoms with Gasteiger partial charge in [0.25, 0.3) is 5.91 Å². The number of rotatable bonds is 6. The summed E-state index contributed by atoms with van der Waals surface area (Å²) in [5.41, 5.74) is 5.28. The number of hydrogen-bond donors (Lipinski definition) is 1. The molecule has 29 heavy (non-hydrogen) atoms. The van der Waals surface area contributed by atoms with Crippen LogP contribution in [0.15, 0.2) is 65.9 Å². The van der Waals surface area contributed by atoms with Crippen LogP contribution in [0.4, 0.5) is 5.69 Å². The lowest BCUT2D eigenvalue weighted by Gasteiger charge is -2.28. The molecule has 7 heteroatoms. The maximum atomic E-state index is 12.0. The van der Waals surface area contributed by atoms with E-state index in [0.717, 1.165) is 48.5 Å². The van der Waals surface area contributed by atoms with E-state index in [1.54, 1.807) is 18.5 Å². The number of anilines is 1. The van der Waals surface area contributed by atoms with Crippen molar-refractivity contribution in [1.82, 2.24) is 10.4 Å². The van der Waals surface area contributed by atoms with Crippen LogP contribution in [0.2, 0.25) is 0 Å². The second-order valence-electron chi connectivity index (χ2n) is 6.60. The van der Waals surface area contributed by atoms with Gasteiger partial charge in [0, 0.05) is 30.4 Å². The molecule has 0 spiro atoms. The van der Waals surface area contributed by atoms with Crippen LogP contribution >= 0.6 is 0 Å². The van der Waals surface area contributed by atoms with Crippen LogP contribution in [-0.2, 0) is 9.53 Å². The van der Waals surface area contributed by atoms with E-state index in [1.165, 1.54) is 0 Å². The first kappa shape index (κ1) is 18.9. The first-order valence-electron chi connectivity index (χ1n) is 9.51. The maximum absolute atomic E-state index is 12.0. The molecule has 0 saturated carbocycles. The largest absolute Gasteiger partial charge is 0.481 e. The quantitative estimate of drug-likeness (QED) is 0.517. The zero-order valence-electron chi connectivity index (χ0n) is 16.0. The third-order valence-electron chi connectivity index (χ3n) is 4.63. The summed E-state index contributed by atoms with van der Waals surface area (Å²) in [4.78, 5) is 18.6. The molecule has 0 bridgehead atoms. The number of carbonyl (C=O) groups is 1. The highest BCUT2D eigenvalue weighted by Crippen LogP contribution is 2.22. The summed E-state index contributed by atoms with van der Waals surface area (Å²) < 4.78 is 11.0. The molecule has 1 aliphatic heterocycles. The van der Waals surface area contributed by atoms with Gasteiger partial charge in [0.15, 0.2) is 6.61 Å². The van der Waals surface area contributed by atoms with Gasteiger partial charge >= 0.3 is 0 Å². The van der Waals surface area contributed by atoms with E-state index in [2.05, 4.69) is 20.4 Å². The van der Waals surface area contributed by atoms with E-state index in [4.69, 9.17) is 9.47 Å². The van der Waals surface area contributed by atoms with Crippen LogP contribution in [0.3, 0.4) is 0 Å². The highest BCUT2D eigenvalue weighted by Gasteiger charge is 2.10. The Bertz CT molecular complexity index is 993. The number of para-hydroxylation sites is 1. The van der Waals surface area contributed by atoms with Crippen molar-refractivity contribution in [3.05, 3.63) is 66.4 Å². The molecule has 1 fully saturated rings. The summed E-state index contributed by atoms with van der Waals surface area (Å²) in [6.07, 6.45) is 3.31. The fraction of sp³-hybridized carbons (Fsp3) is 0.227. The molecule has 1 N–H and O–H groups in total. The summed E-state index contributed by atoms with van der Waals surface area (Å²) in [7, 11) is 0. The van der Waals surface area contributed by atoms with Crippen molar-refractivity contribution in [2.75, 3.05) is 37.8 Å². The zero-order valence-corrected chi connectivity index (χ0v) is 16.0. The minimum Gasteiger partial charge on any atom is -0.481 e. The minimum atomic E-state index is -0.334. The molecule has 0 unspecified atom stereocenters. The third kappa shape index (κ3) is 4.89. The average molecular weight is 390 g/mol. The number of aromatic nitrogens is 1. The molecule has 7 nitrogen and oxygen atoms in total. The molecule has 1 amide bonds. The predicted octanol–water partition coefficient (Wildman–Crippen LogP) is 2.60. The van der Waals surface area contributed by atoms with E-state index >= 15 is 0 Å². The number of carbonyl (C=O) groups excluding carboxylic acids is 1. The number of benzene rings is 2. The molecule has 0 radical (unpaired) electrons. The summed E-state index contributed by atoms with van der Waals surface area (Å²) in [6.45, 7) is 3.17. The molecular weight excluding hydrogens is 368 g/mol. The monoisotopic (exact) mass is 390 g/mol. The summed E-state index contributed by atoms with van der Waals surface area (Å²) in [5, 5.41) is 4.97. The molecule has 1 aliphatic rings. The Kier molecular flexibility index (Phi) is 5.97. The highest BCUT2D eigenvalue weighted by molar-refractivity contribution is 5.85. The second-order valence-corrected chi connectivity index (χ2v) is 6.60. The van der Waals surface area contributed by atoms with Gasteiger partial charge in [-0.25, -0.2) is 5.43 Å². The van der Waals surface area contributed by atoms with Gasteiger partial charge in [-0.05, 0) is 29.8 Å². The average Bonchev–Trinajstić information content (AvgIpc) is 2.79. The van der Waals surface area contributed by atoms with E-state index in [9.17, 15) is 4.79 Å². The van der Waals surface area contributed by atoms with Crippen LogP contribution in [0.1, 0.15) is 5.56 Å². The van der Waals surface area contributed by atoms with Gasteiger partial charge in [-0.1, -0.05) is 30.3 Å². The van der Waals surface area contributed by atoms with E-state index in [-0.39, 0.29) is 12.5 Å². The molecular formula is C22H22N4O3. The lowest BCUT2D eigenvalue weighted by atomic mass is 10.2. The smallest absolute Gasteiger partial charge is 0.277 e. The number of fused-ring (bicyclic) bond motifs is 1. The Morgan fingerprint density at radius 2 is 1.93 bits per heavy atom. The number of pyridine rings is 1. The fourth-order valence-electron chi connectivity index (χ4n) is 3.14. The topological polar surface area (TPSA) is 76.0 Å². The number of hydrazone groups is 1. The van der Waals surface area contributed by atoms with Crippen LogP contribution in [0, 0.1) is 0 Å². The predicted molar refractivity (Wildman–Crippen MR) is 112 cm³/mol. The molecule has 1 aromatic heterocycles. The lowest BCUT2D eigenvalue weighted by Crippen LogP contribution is -2.36. The van der Waals surface area contributed by atoms with Gasteiger partial charge in [-0.2, -0.15) is 5.10 Å². The Hall–Kier alpha value is -3.45. The number of ether oxygens (including phenoxy) is 2. The van der Waals surface area contributed by atoms with E-state index in [0.29, 0.717) is 5.75 Å². The first-order chi connectivity index (χ1) is 14.3. The number of nitrogens with one attached hydrogen (secondary N) is 1. The third-order valence-corrected chi connectivity index (χ3v) is 4.63. The van der Waals surface area contributed by atoms with Crippen LogP contribution in [0.5, 0.6) is 5.75 Å². The van der Waals surface area contributed by atoms with Crippen LogP contribution in [-0.4, -0.2) is 50.0 Å². The molecule has 2 aromatic carbocycles. The molecule has 0 atom stereocenters. The normalized spacial score (nSPS) is 14.3. The summed E-state index contributed by atoms with van der Waals surface area (Å²) in [5.74, 6) is 0.236. The first-order valence-corrected chi connectivity index (χ1v) is 9.51. The molecule has 2 heterocycles. The summed E-state index contributed by atoms with van der Waals surface area (Å²) >= 11 is 0. The summed E-state index contributed by atoms with van der Waals surface area (Å²) in [6, 6.07) is 17.5. The van der Waals surface area contributed by atoms with Crippen molar-refractivity contribution in [1.29, 1.82) is 0 Å². The lowest BCUT2D eigenvalue weighted by molar-refractivity contribution is -0.123. The Balaban J connectivity index is 1.28. The standard InChI is InChI=1S/C22H22N4O3/c27-21(16-29-20-5-1-3-18-4-2-10-23-22(18)20)25-24-15-17-6-8-19(9-7-17)26-11-13-28-14-12-26/h1-10,15H,11-14,16H2,(H,25,27)/b24-15+. The van der Waals surface area contributed by atoms with Gasteiger partial charge in [-0.15, -0.1) is 0 Å². The number of morpholine rings is 1. The van der Waals surface area contributed by atoms with Gasteiger partial charge in [0.1, 0.15) is 11.3 Å². The Morgan fingerprint density at radius 3 is 2.76 bits per heavy atom. The maximum Gasteiger partial charge on any atom is 0.277 e. The zero-order chi connectivity index (χ0) is 19.9. The Labute approximate surface area is 169 Å². The van der Waals surface area contributed by atoms with E-state index < -0.39 is 0 Å². The van der Waals surface area contributed by atoms with Crippen molar-refractivity contribution in [2.24, 2.45) is 5.10 Å². The number of hydrogen-bond acceptors (Lipinski definition) is 6. The van der Waals surface area contributed by atoms with Crippen molar-refractivity contribution in [3.63, 3.8) is 0 Å². The second kappa shape index (κ2) is 9.16. The van der Waals surface area contributed by atoms with Crippen LogP contribution < -0.4 is 15.1 Å². The van der Waals surface area contributed by atoms with Crippen molar-refractivity contribution in [2.45, 2.75) is 0 Å². The number of amides is 1. The van der Waals surface area contributed by atoms with Gasteiger partial charge < -0.3 is 14.4 Å².